The zero-order valence-electron chi connectivity index (χ0n) is 14.2. The van der Waals surface area contributed by atoms with Crippen molar-refractivity contribution in [2.45, 2.75) is 13.5 Å². The first kappa shape index (κ1) is 16.6. The van der Waals surface area contributed by atoms with Gasteiger partial charge in [0.1, 0.15) is 16.7 Å². The Kier molecular flexibility index (Phi) is 4.36. The fraction of sp³-hybridized carbons (Fsp3) is 0.235. The summed E-state index contributed by atoms with van der Waals surface area (Å²) in [4.78, 5) is 13.1. The van der Waals surface area contributed by atoms with Gasteiger partial charge in [-0.3, -0.25) is 14.6 Å². The van der Waals surface area contributed by atoms with E-state index in [1.165, 1.54) is 0 Å². The Morgan fingerprint density at radius 2 is 2.08 bits per heavy atom. The van der Waals surface area contributed by atoms with Crippen LogP contribution in [0.25, 0.3) is 33.8 Å². The number of aromatic nitrogens is 6. The average Bonchev–Trinajstić information content (AvgIpc) is 3.25. The number of hydrogen-bond donors (Lipinski definition) is 0. The van der Waals surface area contributed by atoms with Gasteiger partial charge in [-0.25, -0.2) is 0 Å². The van der Waals surface area contributed by atoms with Crippen molar-refractivity contribution >= 4 is 22.6 Å². The number of methoxy groups -OCH3 is 1. The van der Waals surface area contributed by atoms with Gasteiger partial charge < -0.3 is 9.26 Å². The van der Waals surface area contributed by atoms with Crippen LogP contribution in [0.15, 0.2) is 35.1 Å². The van der Waals surface area contributed by atoms with Gasteiger partial charge in [0.25, 0.3) is 0 Å². The molecule has 8 nitrogen and oxygen atoms in total. The zero-order valence-corrected chi connectivity index (χ0v) is 14.9. The average molecular weight is 371 g/mol. The van der Waals surface area contributed by atoms with Gasteiger partial charge in [0, 0.05) is 32.0 Å². The Labute approximate surface area is 153 Å². The van der Waals surface area contributed by atoms with Gasteiger partial charge in [-0.1, -0.05) is 16.8 Å². The molecule has 0 fully saturated rings. The first-order valence-corrected chi connectivity index (χ1v) is 8.32. The first-order chi connectivity index (χ1) is 12.7. The van der Waals surface area contributed by atoms with E-state index in [1.54, 1.807) is 37.2 Å². The standard InChI is InChI=1S/C17H15ClN6O2/c1-10-21-17(23-26-10)11-3-5-19-13(9-11)14-15-16(12(18)4-6-20-15)24(22-14)7-8-25-2/h3-6,9H,7-8H2,1-2H3. The van der Waals surface area contributed by atoms with E-state index >= 15 is 0 Å². The molecule has 4 aromatic heterocycles. The van der Waals surface area contributed by atoms with Crippen LogP contribution in [-0.4, -0.2) is 43.6 Å². The Bertz CT molecular complexity index is 1070. The molecule has 4 rings (SSSR count). The normalized spacial score (nSPS) is 11.3. The van der Waals surface area contributed by atoms with Crippen LogP contribution in [0, 0.1) is 6.92 Å². The molecule has 9 heteroatoms. The highest BCUT2D eigenvalue weighted by Gasteiger charge is 2.18. The Morgan fingerprint density at radius 3 is 2.85 bits per heavy atom. The Balaban J connectivity index is 1.85. The quantitative estimate of drug-likeness (QED) is 0.532. The number of nitrogens with zero attached hydrogens (tertiary/aromatic N) is 6. The summed E-state index contributed by atoms with van der Waals surface area (Å²) in [5, 5.41) is 9.19. The van der Waals surface area contributed by atoms with E-state index in [0.717, 1.165) is 11.1 Å². The van der Waals surface area contributed by atoms with E-state index < -0.39 is 0 Å². The van der Waals surface area contributed by atoms with Gasteiger partial charge in [-0.05, 0) is 18.2 Å². The largest absolute Gasteiger partial charge is 0.383 e. The lowest BCUT2D eigenvalue weighted by Crippen LogP contribution is -2.06. The van der Waals surface area contributed by atoms with Crippen molar-refractivity contribution in [2.24, 2.45) is 0 Å². The topological polar surface area (TPSA) is 91.8 Å². The summed E-state index contributed by atoms with van der Waals surface area (Å²) in [6.45, 7) is 2.81. The fourth-order valence-electron chi connectivity index (χ4n) is 2.70. The molecule has 26 heavy (non-hydrogen) atoms. The van der Waals surface area contributed by atoms with Crippen LogP contribution in [0.4, 0.5) is 0 Å². The van der Waals surface area contributed by atoms with Crippen molar-refractivity contribution in [3.63, 3.8) is 0 Å². The molecule has 0 N–H and O–H groups in total. The number of aryl methyl sites for hydroxylation is 1. The molecule has 0 aliphatic heterocycles. The molecule has 0 aliphatic carbocycles. The maximum absolute atomic E-state index is 6.38. The van der Waals surface area contributed by atoms with Crippen LogP contribution in [-0.2, 0) is 11.3 Å². The van der Waals surface area contributed by atoms with Crippen LogP contribution >= 0.6 is 11.6 Å². The highest BCUT2D eigenvalue weighted by atomic mass is 35.5. The first-order valence-electron chi connectivity index (χ1n) is 7.94. The fourth-order valence-corrected chi connectivity index (χ4v) is 2.94. The van der Waals surface area contributed by atoms with Crippen LogP contribution in [0.1, 0.15) is 5.89 Å². The van der Waals surface area contributed by atoms with Crippen molar-refractivity contribution in [3.8, 4) is 22.8 Å². The second-order valence-corrected chi connectivity index (χ2v) is 6.03. The highest BCUT2D eigenvalue weighted by molar-refractivity contribution is 6.35. The minimum absolute atomic E-state index is 0.500. The van der Waals surface area contributed by atoms with Crippen LogP contribution in [0.5, 0.6) is 0 Å². The summed E-state index contributed by atoms with van der Waals surface area (Å²) in [6, 6.07) is 5.41. The molecule has 0 amide bonds. The van der Waals surface area contributed by atoms with E-state index in [2.05, 4.69) is 25.2 Å². The highest BCUT2D eigenvalue weighted by Crippen LogP contribution is 2.31. The molecule has 0 atom stereocenters. The van der Waals surface area contributed by atoms with Crippen LogP contribution in [0.3, 0.4) is 0 Å². The van der Waals surface area contributed by atoms with Crippen molar-refractivity contribution in [3.05, 3.63) is 41.5 Å². The van der Waals surface area contributed by atoms with Crippen molar-refractivity contribution in [2.75, 3.05) is 13.7 Å². The number of rotatable bonds is 5. The van der Waals surface area contributed by atoms with Crippen molar-refractivity contribution < 1.29 is 9.26 Å². The Morgan fingerprint density at radius 1 is 1.23 bits per heavy atom. The molecule has 4 aromatic rings. The summed E-state index contributed by atoms with van der Waals surface area (Å²) in [7, 11) is 1.64. The molecule has 0 radical (unpaired) electrons. The van der Waals surface area contributed by atoms with E-state index in [1.807, 2.05) is 12.1 Å². The van der Waals surface area contributed by atoms with E-state index in [4.69, 9.17) is 20.9 Å². The molecule has 132 valence electrons. The molecule has 4 heterocycles. The molecular weight excluding hydrogens is 356 g/mol. The molecular formula is C17H15ClN6O2. The lowest BCUT2D eigenvalue weighted by atomic mass is 10.1. The van der Waals surface area contributed by atoms with Crippen LogP contribution < -0.4 is 0 Å². The lowest BCUT2D eigenvalue weighted by molar-refractivity contribution is 0.185. The number of hydrogen-bond acceptors (Lipinski definition) is 7. The lowest BCUT2D eigenvalue weighted by Gasteiger charge is -2.02. The molecule has 0 saturated heterocycles. The van der Waals surface area contributed by atoms with Crippen LogP contribution in [0.2, 0.25) is 5.02 Å². The number of pyridine rings is 2. The second-order valence-electron chi connectivity index (χ2n) is 5.62. The maximum atomic E-state index is 6.38. The number of ether oxygens (including phenoxy) is 1. The maximum Gasteiger partial charge on any atom is 0.223 e. The summed E-state index contributed by atoms with van der Waals surface area (Å²) >= 11 is 6.38. The van der Waals surface area contributed by atoms with Gasteiger partial charge in [-0.2, -0.15) is 10.1 Å². The van der Waals surface area contributed by atoms with Gasteiger partial charge in [-0.15, -0.1) is 0 Å². The summed E-state index contributed by atoms with van der Waals surface area (Å²) in [5.41, 5.74) is 3.52. The molecule has 0 aliphatic rings. The van der Waals surface area contributed by atoms with Crippen molar-refractivity contribution in [1.82, 2.24) is 29.9 Å². The predicted molar refractivity (Wildman–Crippen MR) is 95.7 cm³/mol. The third-order valence-corrected chi connectivity index (χ3v) is 4.18. The smallest absolute Gasteiger partial charge is 0.223 e. The van der Waals surface area contributed by atoms with E-state index in [9.17, 15) is 0 Å². The molecule has 0 spiro atoms. The third kappa shape index (κ3) is 2.93. The zero-order chi connectivity index (χ0) is 18.1. The molecule has 0 saturated carbocycles. The number of fused-ring (bicyclic) bond motifs is 1. The minimum Gasteiger partial charge on any atom is -0.383 e. The third-order valence-electron chi connectivity index (χ3n) is 3.87. The van der Waals surface area contributed by atoms with Crippen molar-refractivity contribution in [1.29, 1.82) is 0 Å². The molecule has 0 aromatic carbocycles. The van der Waals surface area contributed by atoms with Gasteiger partial charge in [0.15, 0.2) is 0 Å². The SMILES string of the molecule is COCCn1nc(-c2cc(-c3noc(C)n3)ccn2)c2nccc(Cl)c21. The summed E-state index contributed by atoms with van der Waals surface area (Å²) in [6.07, 6.45) is 3.34. The number of halogens is 1. The molecule has 0 bridgehead atoms. The second kappa shape index (κ2) is 6.81. The van der Waals surface area contributed by atoms with Gasteiger partial charge >= 0.3 is 0 Å². The van der Waals surface area contributed by atoms with Gasteiger partial charge in [0.2, 0.25) is 11.7 Å². The monoisotopic (exact) mass is 370 g/mol. The van der Waals surface area contributed by atoms with E-state index in [0.29, 0.717) is 46.8 Å². The van der Waals surface area contributed by atoms with E-state index in [-0.39, 0.29) is 0 Å². The predicted octanol–water partition coefficient (Wildman–Crippen LogP) is 3.15. The summed E-state index contributed by atoms with van der Waals surface area (Å²) < 4.78 is 12.0. The molecule has 0 unspecified atom stereocenters. The summed E-state index contributed by atoms with van der Waals surface area (Å²) in [5.74, 6) is 1.00. The van der Waals surface area contributed by atoms with Gasteiger partial charge in [0.05, 0.1) is 23.9 Å². The Hall–Kier alpha value is -2.84. The minimum atomic E-state index is 0.500.